The maximum Gasteiger partial charge on any atom is 0.405 e. The van der Waals surface area contributed by atoms with Gasteiger partial charge >= 0.3 is 6.09 Å². The van der Waals surface area contributed by atoms with Crippen LogP contribution >= 0.6 is 0 Å². The molecule has 26 heavy (non-hydrogen) atoms. The summed E-state index contributed by atoms with van der Waals surface area (Å²) in [5.74, 6) is -0.0669. The Morgan fingerprint density at radius 2 is 1.73 bits per heavy atom. The number of hydrogen-bond donors (Lipinski definition) is 3. The van der Waals surface area contributed by atoms with Gasteiger partial charge in [0.15, 0.2) is 0 Å². The first-order valence-electron chi connectivity index (χ1n) is 8.84. The van der Waals surface area contributed by atoms with E-state index in [1.165, 1.54) is 0 Å². The van der Waals surface area contributed by atoms with Crippen LogP contribution in [0.3, 0.4) is 0 Å². The fraction of sp³-hybridized carbons (Fsp3) is 0.381. The second-order valence-electron chi connectivity index (χ2n) is 7.16. The van der Waals surface area contributed by atoms with Crippen LogP contribution < -0.4 is 11.5 Å². The number of amides is 1. The molecule has 0 aliphatic rings. The Labute approximate surface area is 155 Å². The van der Waals surface area contributed by atoms with Crippen LogP contribution in [-0.2, 0) is 11.2 Å². The van der Waals surface area contributed by atoms with Gasteiger partial charge in [0.25, 0.3) is 0 Å². The molecule has 2 aromatic rings. The molecule has 2 aromatic carbocycles. The van der Waals surface area contributed by atoms with Crippen molar-refractivity contribution in [3.05, 3.63) is 65.7 Å². The molecule has 0 aliphatic heterocycles. The molecule has 2 unspecified atom stereocenters. The minimum Gasteiger partial charge on any atom is -0.443 e. The van der Waals surface area contributed by atoms with E-state index in [0.29, 0.717) is 6.42 Å². The van der Waals surface area contributed by atoms with E-state index in [9.17, 15) is 9.90 Å². The number of nitrogen functional groups attached to an aromatic ring is 1. The highest BCUT2D eigenvalue weighted by atomic mass is 16.6. The lowest BCUT2D eigenvalue weighted by atomic mass is 9.80. The molecule has 5 N–H and O–H groups in total. The summed E-state index contributed by atoms with van der Waals surface area (Å²) in [5.41, 5.74) is 12.9. The topological polar surface area (TPSA) is 98.6 Å². The molecule has 2 rings (SSSR count). The first kappa shape index (κ1) is 19.8. The third-order valence-electron chi connectivity index (χ3n) is 4.80. The van der Waals surface area contributed by atoms with Crippen LogP contribution in [0.25, 0.3) is 0 Å². The van der Waals surface area contributed by atoms with Gasteiger partial charge in [-0.1, -0.05) is 42.5 Å². The molecule has 0 bridgehead atoms. The van der Waals surface area contributed by atoms with E-state index in [1.807, 2.05) is 68.4 Å². The standard InChI is InChI=1S/C21H28N2O3/c1-21(2,26-20(23)25)17(11-8-15-9-12-18(22)13-10-15)14-19(24)16-6-4-3-5-7-16/h3-7,9-10,12-13,17,19,24H,8,11,14,22H2,1-2H3,(H2,23,25). The van der Waals surface area contributed by atoms with E-state index in [0.717, 1.165) is 29.7 Å². The maximum absolute atomic E-state index is 11.3. The Hall–Kier alpha value is -2.53. The number of primary amides is 1. The van der Waals surface area contributed by atoms with Crippen LogP contribution in [0.5, 0.6) is 0 Å². The minimum atomic E-state index is -0.804. The highest BCUT2D eigenvalue weighted by Gasteiger charge is 2.34. The van der Waals surface area contributed by atoms with Crippen LogP contribution in [0.15, 0.2) is 54.6 Å². The zero-order chi connectivity index (χ0) is 19.2. The largest absolute Gasteiger partial charge is 0.443 e. The first-order valence-corrected chi connectivity index (χ1v) is 8.84. The number of benzene rings is 2. The molecule has 0 radical (unpaired) electrons. The highest BCUT2D eigenvalue weighted by molar-refractivity contribution is 5.65. The normalized spacial score (nSPS) is 13.8. The second kappa shape index (κ2) is 8.72. The van der Waals surface area contributed by atoms with Gasteiger partial charge in [0.2, 0.25) is 0 Å². The molecule has 0 fully saturated rings. The molecule has 0 aromatic heterocycles. The Morgan fingerprint density at radius 1 is 1.12 bits per heavy atom. The van der Waals surface area contributed by atoms with Crippen molar-refractivity contribution in [3.63, 3.8) is 0 Å². The molecule has 0 aliphatic carbocycles. The summed E-state index contributed by atoms with van der Waals surface area (Å²) in [6.07, 6.45) is 0.566. The lowest BCUT2D eigenvalue weighted by Gasteiger charge is -2.35. The summed E-state index contributed by atoms with van der Waals surface area (Å²) >= 11 is 0. The van der Waals surface area contributed by atoms with Gasteiger partial charge in [-0.2, -0.15) is 0 Å². The van der Waals surface area contributed by atoms with Gasteiger partial charge in [-0.25, -0.2) is 4.79 Å². The van der Waals surface area contributed by atoms with Crippen molar-refractivity contribution in [3.8, 4) is 0 Å². The molecular formula is C21H28N2O3. The van der Waals surface area contributed by atoms with Crippen LogP contribution in [-0.4, -0.2) is 16.8 Å². The van der Waals surface area contributed by atoms with Crippen molar-refractivity contribution in [2.45, 2.75) is 44.8 Å². The summed E-state index contributed by atoms with van der Waals surface area (Å²) < 4.78 is 5.35. The zero-order valence-electron chi connectivity index (χ0n) is 15.4. The number of aliphatic hydroxyl groups is 1. The third kappa shape index (κ3) is 5.77. The molecule has 0 saturated heterocycles. The lowest BCUT2D eigenvalue weighted by Crippen LogP contribution is -2.39. The molecule has 0 spiro atoms. The van der Waals surface area contributed by atoms with Crippen molar-refractivity contribution < 1.29 is 14.6 Å². The monoisotopic (exact) mass is 356 g/mol. The van der Waals surface area contributed by atoms with Crippen molar-refractivity contribution in [2.75, 3.05) is 5.73 Å². The third-order valence-corrected chi connectivity index (χ3v) is 4.80. The molecule has 0 heterocycles. The number of rotatable bonds is 8. The van der Waals surface area contributed by atoms with Crippen molar-refractivity contribution in [2.24, 2.45) is 11.7 Å². The van der Waals surface area contributed by atoms with Crippen LogP contribution in [0.4, 0.5) is 10.5 Å². The SMILES string of the molecule is CC(C)(OC(N)=O)C(CCc1ccc(N)cc1)CC(O)c1ccccc1. The minimum absolute atomic E-state index is 0.0669. The molecule has 0 saturated carbocycles. The molecule has 5 heteroatoms. The van der Waals surface area contributed by atoms with Crippen LogP contribution in [0.1, 0.15) is 43.9 Å². The quantitative estimate of drug-likeness (QED) is 0.626. The fourth-order valence-electron chi connectivity index (χ4n) is 3.20. The summed E-state index contributed by atoms with van der Waals surface area (Å²) in [6, 6.07) is 17.2. The Morgan fingerprint density at radius 3 is 2.31 bits per heavy atom. The van der Waals surface area contributed by atoms with Gasteiger partial charge in [-0.15, -0.1) is 0 Å². The number of hydrogen-bond acceptors (Lipinski definition) is 4. The van der Waals surface area contributed by atoms with Gasteiger partial charge < -0.3 is 21.3 Å². The number of carbonyl (C=O) groups is 1. The number of aliphatic hydroxyl groups excluding tert-OH is 1. The van der Waals surface area contributed by atoms with E-state index in [4.69, 9.17) is 16.2 Å². The molecule has 140 valence electrons. The summed E-state index contributed by atoms with van der Waals surface area (Å²) in [5, 5.41) is 10.6. The van der Waals surface area contributed by atoms with Gasteiger partial charge in [-0.05, 0) is 56.4 Å². The molecule has 2 atom stereocenters. The number of anilines is 1. The Balaban J connectivity index is 2.12. The Bertz CT molecular complexity index is 699. The average Bonchev–Trinajstić information content (AvgIpc) is 2.59. The summed E-state index contributed by atoms with van der Waals surface area (Å²) in [4.78, 5) is 11.3. The van der Waals surface area contributed by atoms with Crippen molar-refractivity contribution in [1.82, 2.24) is 0 Å². The predicted octanol–water partition coefficient (Wildman–Crippen LogP) is 3.82. The second-order valence-corrected chi connectivity index (χ2v) is 7.16. The average molecular weight is 356 g/mol. The molecular weight excluding hydrogens is 328 g/mol. The summed E-state index contributed by atoms with van der Waals surface area (Å²) in [6.45, 7) is 3.67. The van der Waals surface area contributed by atoms with E-state index in [2.05, 4.69) is 0 Å². The number of carbonyl (C=O) groups excluding carboxylic acids is 1. The lowest BCUT2D eigenvalue weighted by molar-refractivity contribution is -0.0232. The van der Waals surface area contributed by atoms with E-state index < -0.39 is 17.8 Å². The van der Waals surface area contributed by atoms with Gasteiger partial charge in [0, 0.05) is 11.6 Å². The van der Waals surface area contributed by atoms with E-state index in [-0.39, 0.29) is 5.92 Å². The van der Waals surface area contributed by atoms with Gasteiger partial charge in [-0.3, -0.25) is 0 Å². The summed E-state index contributed by atoms with van der Waals surface area (Å²) in [7, 11) is 0. The molecule has 5 nitrogen and oxygen atoms in total. The van der Waals surface area contributed by atoms with Crippen molar-refractivity contribution in [1.29, 1.82) is 0 Å². The fourth-order valence-corrected chi connectivity index (χ4v) is 3.20. The van der Waals surface area contributed by atoms with Crippen LogP contribution in [0, 0.1) is 5.92 Å². The van der Waals surface area contributed by atoms with Gasteiger partial charge in [0.1, 0.15) is 5.60 Å². The van der Waals surface area contributed by atoms with E-state index >= 15 is 0 Å². The van der Waals surface area contributed by atoms with Crippen molar-refractivity contribution >= 4 is 11.8 Å². The highest BCUT2D eigenvalue weighted by Crippen LogP contribution is 2.34. The van der Waals surface area contributed by atoms with Crippen LogP contribution in [0.2, 0.25) is 0 Å². The van der Waals surface area contributed by atoms with Gasteiger partial charge in [0.05, 0.1) is 6.10 Å². The molecule has 1 amide bonds. The number of ether oxygens (including phenoxy) is 1. The first-order chi connectivity index (χ1) is 12.3. The zero-order valence-corrected chi connectivity index (χ0v) is 15.4. The number of aryl methyl sites for hydroxylation is 1. The Kier molecular flexibility index (Phi) is 6.64. The smallest absolute Gasteiger partial charge is 0.405 e. The number of nitrogens with two attached hydrogens (primary N) is 2. The predicted molar refractivity (Wildman–Crippen MR) is 103 cm³/mol. The van der Waals surface area contributed by atoms with E-state index in [1.54, 1.807) is 0 Å². The maximum atomic E-state index is 11.3.